The van der Waals surface area contributed by atoms with Gasteiger partial charge >= 0.3 is 0 Å². The van der Waals surface area contributed by atoms with Gasteiger partial charge in [0.1, 0.15) is 9.84 Å². The van der Waals surface area contributed by atoms with Gasteiger partial charge < -0.3 is 5.32 Å². The first kappa shape index (κ1) is 14.9. The van der Waals surface area contributed by atoms with Crippen LogP contribution >= 0.6 is 0 Å². The molecule has 0 amide bonds. The zero-order valence-electron chi connectivity index (χ0n) is 11.1. The average molecular weight is 262 g/mol. The van der Waals surface area contributed by atoms with Crippen molar-refractivity contribution >= 4 is 9.84 Å². The van der Waals surface area contributed by atoms with Crippen LogP contribution in [-0.4, -0.2) is 57.0 Å². The molecule has 1 fully saturated rings. The third-order valence-corrected chi connectivity index (χ3v) is 5.26. The minimum atomic E-state index is -2.79. The van der Waals surface area contributed by atoms with Gasteiger partial charge in [0, 0.05) is 18.3 Å². The van der Waals surface area contributed by atoms with Gasteiger partial charge in [-0.3, -0.25) is 4.90 Å². The Balaban J connectivity index is 2.26. The second-order valence-electron chi connectivity index (χ2n) is 4.73. The lowest BCUT2D eigenvalue weighted by atomic mass is 10.2. The summed E-state index contributed by atoms with van der Waals surface area (Å²) < 4.78 is 22.8. The summed E-state index contributed by atoms with van der Waals surface area (Å²) in [7, 11) is -2.79. The van der Waals surface area contributed by atoms with E-state index in [0.717, 1.165) is 32.6 Å². The first-order valence-electron chi connectivity index (χ1n) is 6.74. The molecular formula is C12H26N2O2S. The molecule has 0 aromatic carbocycles. The molecule has 0 spiro atoms. The minimum absolute atomic E-state index is 0.272. The van der Waals surface area contributed by atoms with E-state index in [4.69, 9.17) is 0 Å². The molecule has 1 aliphatic rings. The van der Waals surface area contributed by atoms with E-state index in [1.54, 1.807) is 6.92 Å². The summed E-state index contributed by atoms with van der Waals surface area (Å²) in [5.41, 5.74) is 0. The largest absolute Gasteiger partial charge is 0.315 e. The summed E-state index contributed by atoms with van der Waals surface area (Å²) in [5, 5.41) is 3.38. The zero-order valence-corrected chi connectivity index (χ0v) is 11.9. The van der Waals surface area contributed by atoms with Gasteiger partial charge in [-0.05, 0) is 38.9 Å². The summed E-state index contributed by atoms with van der Waals surface area (Å²) >= 11 is 0. The minimum Gasteiger partial charge on any atom is -0.315 e. The maximum Gasteiger partial charge on any atom is 0.150 e. The average Bonchev–Trinajstić information content (AvgIpc) is 2.74. The van der Waals surface area contributed by atoms with Crippen molar-refractivity contribution in [2.45, 2.75) is 39.2 Å². The van der Waals surface area contributed by atoms with E-state index in [1.165, 1.54) is 12.8 Å². The number of likely N-dealkylation sites (tertiary alicyclic amines) is 1. The lowest BCUT2D eigenvalue weighted by Gasteiger charge is -2.24. The Bertz CT molecular complexity index is 304. The smallest absolute Gasteiger partial charge is 0.150 e. The van der Waals surface area contributed by atoms with E-state index in [1.807, 2.05) is 0 Å². The summed E-state index contributed by atoms with van der Waals surface area (Å²) in [6, 6.07) is 0.610. The first-order chi connectivity index (χ1) is 8.09. The van der Waals surface area contributed by atoms with Crippen molar-refractivity contribution in [3.8, 4) is 0 Å². The number of hydrogen-bond acceptors (Lipinski definition) is 4. The van der Waals surface area contributed by atoms with Crippen LogP contribution in [0.25, 0.3) is 0 Å². The summed E-state index contributed by atoms with van der Waals surface area (Å²) in [6.45, 7) is 7.94. The van der Waals surface area contributed by atoms with E-state index in [2.05, 4.69) is 17.1 Å². The second kappa shape index (κ2) is 7.34. The van der Waals surface area contributed by atoms with Crippen LogP contribution in [0.5, 0.6) is 0 Å². The highest BCUT2D eigenvalue weighted by atomic mass is 32.2. The van der Waals surface area contributed by atoms with Crippen molar-refractivity contribution in [3.05, 3.63) is 0 Å². The molecular weight excluding hydrogens is 236 g/mol. The summed E-state index contributed by atoms with van der Waals surface area (Å²) in [5.74, 6) is 0.613. The molecule has 1 unspecified atom stereocenters. The summed E-state index contributed by atoms with van der Waals surface area (Å²) in [6.07, 6.45) is 3.27. The lowest BCUT2D eigenvalue weighted by Crippen LogP contribution is -2.38. The Morgan fingerprint density at radius 3 is 2.76 bits per heavy atom. The normalized spacial score (nSPS) is 22.1. The predicted octanol–water partition coefficient (Wildman–Crippen LogP) is 0.885. The van der Waals surface area contributed by atoms with Crippen molar-refractivity contribution in [2.75, 3.05) is 37.7 Å². The maximum absolute atomic E-state index is 11.4. The molecule has 5 heteroatoms. The molecule has 1 atom stereocenters. The van der Waals surface area contributed by atoms with E-state index < -0.39 is 9.84 Å². The molecule has 0 bridgehead atoms. The molecule has 1 rings (SSSR count). The zero-order chi connectivity index (χ0) is 12.7. The molecule has 102 valence electrons. The van der Waals surface area contributed by atoms with Gasteiger partial charge in [-0.25, -0.2) is 8.42 Å². The lowest BCUT2D eigenvalue weighted by molar-refractivity contribution is 0.249. The Morgan fingerprint density at radius 1 is 1.35 bits per heavy atom. The second-order valence-corrected chi connectivity index (χ2v) is 7.20. The van der Waals surface area contributed by atoms with Crippen LogP contribution in [0.4, 0.5) is 0 Å². The predicted molar refractivity (Wildman–Crippen MR) is 72.1 cm³/mol. The Kier molecular flexibility index (Phi) is 6.44. The topological polar surface area (TPSA) is 49.4 Å². The van der Waals surface area contributed by atoms with Crippen LogP contribution < -0.4 is 5.32 Å². The highest BCUT2D eigenvalue weighted by molar-refractivity contribution is 7.91. The molecule has 0 radical (unpaired) electrons. The number of nitrogens with one attached hydrogen (secondary N) is 1. The highest BCUT2D eigenvalue weighted by Crippen LogP contribution is 2.16. The molecule has 1 N–H and O–H groups in total. The number of nitrogens with zero attached hydrogens (tertiary/aromatic N) is 1. The van der Waals surface area contributed by atoms with Crippen molar-refractivity contribution in [3.63, 3.8) is 0 Å². The molecule has 1 aliphatic heterocycles. The number of likely N-dealkylation sites (N-methyl/N-ethyl adjacent to an activating group) is 1. The van der Waals surface area contributed by atoms with Crippen LogP contribution in [0.15, 0.2) is 0 Å². The Hall–Kier alpha value is -0.130. The molecule has 0 aromatic heterocycles. The van der Waals surface area contributed by atoms with Crippen LogP contribution in [-0.2, 0) is 9.84 Å². The van der Waals surface area contributed by atoms with Crippen molar-refractivity contribution in [1.29, 1.82) is 0 Å². The molecule has 1 saturated heterocycles. The molecule has 1 heterocycles. The van der Waals surface area contributed by atoms with E-state index in [-0.39, 0.29) is 5.75 Å². The van der Waals surface area contributed by atoms with Crippen molar-refractivity contribution < 1.29 is 8.42 Å². The fraction of sp³-hybridized carbons (Fsp3) is 1.00. The van der Waals surface area contributed by atoms with Crippen molar-refractivity contribution in [1.82, 2.24) is 10.2 Å². The maximum atomic E-state index is 11.4. The van der Waals surface area contributed by atoms with Crippen LogP contribution in [0.1, 0.15) is 33.1 Å². The van der Waals surface area contributed by atoms with Gasteiger partial charge in [-0.2, -0.15) is 0 Å². The third-order valence-electron chi connectivity index (χ3n) is 3.47. The molecule has 0 aromatic rings. The SMILES string of the molecule is CCNCC1CCCN1CCCS(=O)(=O)CC. The molecule has 0 aliphatic carbocycles. The van der Waals surface area contributed by atoms with Gasteiger partial charge in [0.25, 0.3) is 0 Å². The van der Waals surface area contributed by atoms with Crippen LogP contribution in [0.2, 0.25) is 0 Å². The summed E-state index contributed by atoms with van der Waals surface area (Å²) in [4.78, 5) is 2.44. The Morgan fingerprint density at radius 2 is 2.12 bits per heavy atom. The third kappa shape index (κ3) is 5.36. The van der Waals surface area contributed by atoms with Crippen molar-refractivity contribution in [2.24, 2.45) is 0 Å². The van der Waals surface area contributed by atoms with Crippen LogP contribution in [0, 0.1) is 0 Å². The van der Waals surface area contributed by atoms with E-state index in [0.29, 0.717) is 11.8 Å². The van der Waals surface area contributed by atoms with Gasteiger partial charge in [-0.1, -0.05) is 13.8 Å². The van der Waals surface area contributed by atoms with Gasteiger partial charge in [0.15, 0.2) is 0 Å². The number of sulfone groups is 1. The monoisotopic (exact) mass is 262 g/mol. The molecule has 4 nitrogen and oxygen atoms in total. The first-order valence-corrected chi connectivity index (χ1v) is 8.56. The molecule has 0 saturated carbocycles. The molecule has 17 heavy (non-hydrogen) atoms. The van der Waals surface area contributed by atoms with Gasteiger partial charge in [0.05, 0.1) is 5.75 Å². The fourth-order valence-electron chi connectivity index (χ4n) is 2.36. The quantitative estimate of drug-likeness (QED) is 0.706. The van der Waals surface area contributed by atoms with E-state index >= 15 is 0 Å². The van der Waals surface area contributed by atoms with Gasteiger partial charge in [-0.15, -0.1) is 0 Å². The number of rotatable bonds is 8. The van der Waals surface area contributed by atoms with Gasteiger partial charge in [0.2, 0.25) is 0 Å². The Labute approximate surface area is 106 Å². The highest BCUT2D eigenvalue weighted by Gasteiger charge is 2.23. The van der Waals surface area contributed by atoms with Crippen LogP contribution in [0.3, 0.4) is 0 Å². The number of hydrogen-bond donors (Lipinski definition) is 1. The fourth-order valence-corrected chi connectivity index (χ4v) is 3.22. The standard InChI is InChI=1S/C12H26N2O2S/c1-3-13-11-12-7-5-8-14(12)9-6-10-17(15,16)4-2/h12-13H,3-11H2,1-2H3. The van der Waals surface area contributed by atoms with E-state index in [9.17, 15) is 8.42 Å².